The zero-order chi connectivity index (χ0) is 7.61. The van der Waals surface area contributed by atoms with Crippen molar-refractivity contribution in [1.82, 2.24) is 0 Å². The SMILES string of the molecule is CCC1(CN=C(C)N)CC1. The van der Waals surface area contributed by atoms with Crippen molar-refractivity contribution in [2.45, 2.75) is 33.1 Å². The minimum atomic E-state index is 0.556. The van der Waals surface area contributed by atoms with Crippen molar-refractivity contribution < 1.29 is 0 Å². The van der Waals surface area contributed by atoms with Gasteiger partial charge in [0.05, 0.1) is 5.84 Å². The van der Waals surface area contributed by atoms with Crippen molar-refractivity contribution in [1.29, 1.82) is 0 Å². The maximum absolute atomic E-state index is 5.43. The molecule has 58 valence electrons. The maximum Gasteiger partial charge on any atom is 0.0905 e. The highest BCUT2D eigenvalue weighted by Gasteiger charge is 2.40. The van der Waals surface area contributed by atoms with E-state index in [1.165, 1.54) is 19.3 Å². The van der Waals surface area contributed by atoms with Crippen molar-refractivity contribution >= 4 is 5.84 Å². The topological polar surface area (TPSA) is 38.4 Å². The molecule has 10 heavy (non-hydrogen) atoms. The van der Waals surface area contributed by atoms with Crippen LogP contribution in [0, 0.1) is 5.41 Å². The van der Waals surface area contributed by atoms with E-state index in [1.807, 2.05) is 6.92 Å². The van der Waals surface area contributed by atoms with E-state index in [0.717, 1.165) is 12.4 Å². The molecule has 0 aromatic heterocycles. The Labute approximate surface area is 62.5 Å². The van der Waals surface area contributed by atoms with Crippen molar-refractivity contribution in [2.24, 2.45) is 16.1 Å². The van der Waals surface area contributed by atoms with Gasteiger partial charge in [-0.3, -0.25) is 4.99 Å². The summed E-state index contributed by atoms with van der Waals surface area (Å²) in [4.78, 5) is 4.22. The highest BCUT2D eigenvalue weighted by atomic mass is 14.9. The predicted octanol–water partition coefficient (Wildman–Crippen LogP) is 1.55. The minimum Gasteiger partial charge on any atom is -0.388 e. The fourth-order valence-electron chi connectivity index (χ4n) is 1.09. The Morgan fingerprint density at radius 2 is 2.20 bits per heavy atom. The monoisotopic (exact) mass is 140 g/mol. The normalized spacial score (nSPS) is 22.8. The summed E-state index contributed by atoms with van der Waals surface area (Å²) >= 11 is 0. The number of nitrogens with two attached hydrogens (primary N) is 1. The number of nitrogens with zero attached hydrogens (tertiary/aromatic N) is 1. The van der Waals surface area contributed by atoms with Gasteiger partial charge in [0, 0.05) is 6.54 Å². The molecule has 0 aliphatic heterocycles. The first-order valence-corrected chi connectivity index (χ1v) is 3.95. The average molecular weight is 140 g/mol. The third-order valence-electron chi connectivity index (χ3n) is 2.37. The van der Waals surface area contributed by atoms with Crippen LogP contribution in [0.2, 0.25) is 0 Å². The van der Waals surface area contributed by atoms with Crippen LogP contribution in [0.5, 0.6) is 0 Å². The summed E-state index contributed by atoms with van der Waals surface area (Å²) < 4.78 is 0. The standard InChI is InChI=1S/C8H16N2/c1-3-8(4-5-8)6-10-7(2)9/h3-6H2,1-2H3,(H2,9,10). The molecule has 2 heteroatoms. The molecule has 0 bridgehead atoms. The molecule has 0 aromatic carbocycles. The third-order valence-corrected chi connectivity index (χ3v) is 2.37. The van der Waals surface area contributed by atoms with Crippen LogP contribution in [-0.4, -0.2) is 12.4 Å². The van der Waals surface area contributed by atoms with Crippen LogP contribution in [0.1, 0.15) is 33.1 Å². The summed E-state index contributed by atoms with van der Waals surface area (Å²) in [6.07, 6.45) is 3.95. The quantitative estimate of drug-likeness (QED) is 0.469. The summed E-state index contributed by atoms with van der Waals surface area (Å²) in [5.74, 6) is 0.722. The Balaban J connectivity index is 2.32. The molecule has 2 nitrogen and oxygen atoms in total. The second kappa shape index (κ2) is 2.60. The van der Waals surface area contributed by atoms with Crippen LogP contribution in [-0.2, 0) is 0 Å². The van der Waals surface area contributed by atoms with Gasteiger partial charge in [-0.05, 0) is 31.6 Å². The van der Waals surface area contributed by atoms with Crippen molar-refractivity contribution in [3.8, 4) is 0 Å². The van der Waals surface area contributed by atoms with Gasteiger partial charge in [0.1, 0.15) is 0 Å². The number of hydrogen-bond acceptors (Lipinski definition) is 1. The summed E-state index contributed by atoms with van der Waals surface area (Å²) in [6, 6.07) is 0. The van der Waals surface area contributed by atoms with Crippen molar-refractivity contribution in [2.75, 3.05) is 6.54 Å². The molecule has 0 amide bonds. The molecule has 0 heterocycles. The Hall–Kier alpha value is -0.530. The number of aliphatic imine (C=N–C) groups is 1. The molecule has 0 aromatic rings. The fraction of sp³-hybridized carbons (Fsp3) is 0.875. The highest BCUT2D eigenvalue weighted by Crippen LogP contribution is 2.48. The van der Waals surface area contributed by atoms with E-state index in [2.05, 4.69) is 11.9 Å². The zero-order valence-corrected chi connectivity index (χ0v) is 6.85. The number of rotatable bonds is 3. The van der Waals surface area contributed by atoms with E-state index in [9.17, 15) is 0 Å². The Kier molecular flexibility index (Phi) is 1.97. The van der Waals surface area contributed by atoms with Crippen LogP contribution < -0.4 is 5.73 Å². The first-order chi connectivity index (χ1) is 4.68. The van der Waals surface area contributed by atoms with Crippen LogP contribution in [0.4, 0.5) is 0 Å². The van der Waals surface area contributed by atoms with Crippen LogP contribution in [0.15, 0.2) is 4.99 Å². The van der Waals surface area contributed by atoms with E-state index in [0.29, 0.717) is 5.41 Å². The molecule has 1 saturated carbocycles. The lowest BCUT2D eigenvalue weighted by atomic mass is 10.1. The van der Waals surface area contributed by atoms with Gasteiger partial charge < -0.3 is 5.73 Å². The van der Waals surface area contributed by atoms with Crippen LogP contribution in [0.25, 0.3) is 0 Å². The molecule has 0 saturated heterocycles. The van der Waals surface area contributed by atoms with Gasteiger partial charge in [-0.2, -0.15) is 0 Å². The molecular weight excluding hydrogens is 124 g/mol. The second-order valence-corrected chi connectivity index (χ2v) is 3.31. The Bertz CT molecular complexity index is 141. The summed E-state index contributed by atoms with van der Waals surface area (Å²) in [6.45, 7) is 5.03. The van der Waals surface area contributed by atoms with Gasteiger partial charge in [-0.25, -0.2) is 0 Å². The lowest BCUT2D eigenvalue weighted by Gasteiger charge is -2.07. The molecule has 0 unspecified atom stereocenters. The van der Waals surface area contributed by atoms with Crippen LogP contribution >= 0.6 is 0 Å². The highest BCUT2D eigenvalue weighted by molar-refractivity contribution is 5.77. The first kappa shape index (κ1) is 7.58. The van der Waals surface area contributed by atoms with Crippen molar-refractivity contribution in [3.63, 3.8) is 0 Å². The van der Waals surface area contributed by atoms with Gasteiger partial charge in [-0.1, -0.05) is 6.92 Å². The molecule has 0 radical (unpaired) electrons. The van der Waals surface area contributed by atoms with E-state index in [4.69, 9.17) is 5.73 Å². The first-order valence-electron chi connectivity index (χ1n) is 3.95. The predicted molar refractivity (Wildman–Crippen MR) is 44.1 cm³/mol. The van der Waals surface area contributed by atoms with Gasteiger partial charge >= 0.3 is 0 Å². The van der Waals surface area contributed by atoms with Gasteiger partial charge in [-0.15, -0.1) is 0 Å². The molecule has 0 spiro atoms. The number of hydrogen-bond donors (Lipinski definition) is 1. The third kappa shape index (κ3) is 1.72. The molecule has 0 atom stereocenters. The van der Waals surface area contributed by atoms with E-state index in [1.54, 1.807) is 0 Å². The lowest BCUT2D eigenvalue weighted by molar-refractivity contribution is 0.506. The van der Waals surface area contributed by atoms with Crippen LogP contribution in [0.3, 0.4) is 0 Å². The summed E-state index contributed by atoms with van der Waals surface area (Å²) in [5.41, 5.74) is 5.99. The van der Waals surface area contributed by atoms with Gasteiger partial charge in [0.15, 0.2) is 0 Å². The summed E-state index contributed by atoms with van der Waals surface area (Å²) in [5, 5.41) is 0. The second-order valence-electron chi connectivity index (χ2n) is 3.31. The molecular formula is C8H16N2. The van der Waals surface area contributed by atoms with Gasteiger partial charge in [0.2, 0.25) is 0 Å². The molecule has 1 rings (SSSR count). The van der Waals surface area contributed by atoms with Gasteiger partial charge in [0.25, 0.3) is 0 Å². The largest absolute Gasteiger partial charge is 0.388 e. The average Bonchev–Trinajstić information content (AvgIpc) is 2.64. The Morgan fingerprint density at radius 3 is 2.50 bits per heavy atom. The molecule has 1 aliphatic carbocycles. The maximum atomic E-state index is 5.43. The molecule has 2 N–H and O–H groups in total. The smallest absolute Gasteiger partial charge is 0.0905 e. The number of amidine groups is 1. The lowest BCUT2D eigenvalue weighted by Crippen LogP contribution is -2.10. The summed E-state index contributed by atoms with van der Waals surface area (Å²) in [7, 11) is 0. The Morgan fingerprint density at radius 1 is 1.60 bits per heavy atom. The van der Waals surface area contributed by atoms with Crippen molar-refractivity contribution in [3.05, 3.63) is 0 Å². The minimum absolute atomic E-state index is 0.556. The molecule has 1 aliphatic rings. The van der Waals surface area contributed by atoms with E-state index in [-0.39, 0.29) is 0 Å². The molecule has 1 fully saturated rings. The zero-order valence-electron chi connectivity index (χ0n) is 6.85. The van der Waals surface area contributed by atoms with E-state index >= 15 is 0 Å². The van der Waals surface area contributed by atoms with E-state index < -0.39 is 0 Å². The fourth-order valence-corrected chi connectivity index (χ4v) is 1.09.